The molecule has 0 aliphatic rings. The van der Waals surface area contributed by atoms with Crippen LogP contribution in [0.1, 0.15) is 27.9 Å². The lowest BCUT2D eigenvalue weighted by Crippen LogP contribution is -1.99. The van der Waals surface area contributed by atoms with Crippen LogP contribution in [0.3, 0.4) is 0 Å². The smallest absolute Gasteiger partial charge is 0.0237 e. The highest BCUT2D eigenvalue weighted by atomic mass is 31.0. The van der Waals surface area contributed by atoms with E-state index in [1.54, 1.807) is 0 Å². The highest BCUT2D eigenvalue weighted by molar-refractivity contribution is 7.17. The average Bonchev–Trinajstić information content (AvgIpc) is 2.56. The fraction of sp³-hybridized carbons (Fsp3) is 0.100. The van der Waals surface area contributed by atoms with Crippen LogP contribution in [0.15, 0.2) is 84.9 Å². The maximum absolute atomic E-state index is 2.99. The van der Waals surface area contributed by atoms with Crippen LogP contribution in [0.5, 0.6) is 0 Å². The van der Waals surface area contributed by atoms with E-state index in [-0.39, 0.29) is 0 Å². The van der Waals surface area contributed by atoms with Crippen molar-refractivity contribution in [3.63, 3.8) is 0 Å². The SMILES string of the molecule is PC(c1ccccc1)c1ccccc1Cc1ccccc1. The molecule has 0 saturated carbocycles. The Morgan fingerprint density at radius 1 is 0.667 bits per heavy atom. The van der Waals surface area contributed by atoms with Crippen molar-refractivity contribution < 1.29 is 0 Å². The first-order chi connectivity index (χ1) is 10.3. The number of hydrogen-bond acceptors (Lipinski definition) is 0. The van der Waals surface area contributed by atoms with Gasteiger partial charge < -0.3 is 0 Å². The zero-order chi connectivity index (χ0) is 14.5. The van der Waals surface area contributed by atoms with Gasteiger partial charge in [0.1, 0.15) is 0 Å². The highest BCUT2D eigenvalue weighted by Crippen LogP contribution is 2.33. The second-order valence-electron chi connectivity index (χ2n) is 5.25. The minimum atomic E-state index is 0.339. The Balaban J connectivity index is 1.93. The molecule has 0 heterocycles. The number of hydrogen-bond donors (Lipinski definition) is 0. The van der Waals surface area contributed by atoms with Crippen molar-refractivity contribution in [2.24, 2.45) is 0 Å². The third-order valence-electron chi connectivity index (χ3n) is 3.79. The predicted molar refractivity (Wildman–Crippen MR) is 93.7 cm³/mol. The van der Waals surface area contributed by atoms with Crippen LogP contribution in [0.4, 0.5) is 0 Å². The Morgan fingerprint density at radius 3 is 1.95 bits per heavy atom. The van der Waals surface area contributed by atoms with Crippen LogP contribution in [-0.4, -0.2) is 0 Å². The van der Waals surface area contributed by atoms with E-state index < -0.39 is 0 Å². The Hall–Kier alpha value is -1.91. The molecule has 0 radical (unpaired) electrons. The van der Waals surface area contributed by atoms with Crippen LogP contribution in [0.25, 0.3) is 0 Å². The zero-order valence-corrected chi connectivity index (χ0v) is 13.1. The van der Waals surface area contributed by atoms with Crippen molar-refractivity contribution in [2.75, 3.05) is 0 Å². The van der Waals surface area contributed by atoms with Crippen molar-refractivity contribution in [2.45, 2.75) is 12.1 Å². The maximum Gasteiger partial charge on any atom is 0.0237 e. The van der Waals surface area contributed by atoms with Gasteiger partial charge in [0.2, 0.25) is 0 Å². The first kappa shape index (κ1) is 14.0. The van der Waals surface area contributed by atoms with E-state index in [4.69, 9.17) is 0 Å². The molecule has 0 aromatic heterocycles. The second-order valence-corrected chi connectivity index (χ2v) is 5.92. The molecule has 1 heteroatoms. The third-order valence-corrected chi connectivity index (χ3v) is 4.53. The average molecular weight is 290 g/mol. The lowest BCUT2D eigenvalue weighted by Gasteiger charge is -2.17. The molecule has 0 nitrogen and oxygen atoms in total. The van der Waals surface area contributed by atoms with Crippen LogP contribution >= 0.6 is 9.24 Å². The van der Waals surface area contributed by atoms with Crippen molar-refractivity contribution in [1.29, 1.82) is 0 Å². The molecule has 3 rings (SSSR count). The van der Waals surface area contributed by atoms with Crippen molar-refractivity contribution in [3.8, 4) is 0 Å². The molecular formula is C20H19P. The van der Waals surface area contributed by atoms with Gasteiger partial charge in [-0.1, -0.05) is 84.9 Å². The van der Waals surface area contributed by atoms with Gasteiger partial charge in [-0.2, -0.15) is 0 Å². The van der Waals surface area contributed by atoms with Crippen molar-refractivity contribution in [3.05, 3.63) is 107 Å². The predicted octanol–water partition coefficient (Wildman–Crippen LogP) is 5.24. The molecule has 104 valence electrons. The molecule has 21 heavy (non-hydrogen) atoms. The van der Waals surface area contributed by atoms with Crippen molar-refractivity contribution >= 4 is 9.24 Å². The minimum Gasteiger partial charge on any atom is -0.125 e. The standard InChI is InChI=1S/C20H19P/c21-20(17-11-5-2-6-12-17)19-14-8-7-13-18(19)15-16-9-3-1-4-10-16/h1-14,20H,15,21H2. The first-order valence-corrected chi connectivity index (χ1v) is 7.93. The van der Waals surface area contributed by atoms with E-state index in [0.29, 0.717) is 5.66 Å². The third kappa shape index (κ3) is 3.40. The summed E-state index contributed by atoms with van der Waals surface area (Å²) in [5.41, 5.74) is 5.81. The molecule has 0 amide bonds. The molecule has 2 atom stereocenters. The molecule has 3 aromatic carbocycles. The first-order valence-electron chi connectivity index (χ1n) is 7.27. The normalized spacial score (nSPS) is 12.0. The Bertz CT molecular complexity index is 689. The molecule has 0 aliphatic heterocycles. The lowest BCUT2D eigenvalue weighted by atomic mass is 9.95. The Kier molecular flexibility index (Phi) is 4.48. The summed E-state index contributed by atoms with van der Waals surface area (Å²) in [6, 6.07) is 30.1. The Morgan fingerprint density at radius 2 is 1.24 bits per heavy atom. The summed E-state index contributed by atoms with van der Waals surface area (Å²) < 4.78 is 0. The quantitative estimate of drug-likeness (QED) is 0.576. The fourth-order valence-electron chi connectivity index (χ4n) is 2.65. The number of rotatable bonds is 4. The van der Waals surface area contributed by atoms with Crippen LogP contribution in [0, 0.1) is 0 Å². The second kappa shape index (κ2) is 6.70. The minimum absolute atomic E-state index is 0.339. The van der Waals surface area contributed by atoms with E-state index in [9.17, 15) is 0 Å². The van der Waals surface area contributed by atoms with E-state index in [1.807, 2.05) is 0 Å². The highest BCUT2D eigenvalue weighted by Gasteiger charge is 2.12. The summed E-state index contributed by atoms with van der Waals surface area (Å²) in [6.45, 7) is 0. The fourth-order valence-corrected chi connectivity index (χ4v) is 3.20. The molecule has 0 saturated heterocycles. The van der Waals surface area contributed by atoms with Gasteiger partial charge in [-0.15, -0.1) is 9.24 Å². The van der Waals surface area contributed by atoms with Crippen molar-refractivity contribution in [1.82, 2.24) is 0 Å². The van der Waals surface area contributed by atoms with E-state index in [2.05, 4.69) is 94.2 Å². The monoisotopic (exact) mass is 290 g/mol. The summed E-state index contributed by atoms with van der Waals surface area (Å²) in [4.78, 5) is 0. The molecule has 0 fully saturated rings. The van der Waals surface area contributed by atoms with E-state index in [0.717, 1.165) is 6.42 Å². The van der Waals surface area contributed by atoms with Crippen LogP contribution in [0.2, 0.25) is 0 Å². The largest absolute Gasteiger partial charge is 0.125 e. The summed E-state index contributed by atoms with van der Waals surface area (Å²) >= 11 is 0. The molecule has 0 spiro atoms. The van der Waals surface area contributed by atoms with E-state index in [1.165, 1.54) is 22.3 Å². The van der Waals surface area contributed by atoms with Gasteiger partial charge in [0.15, 0.2) is 0 Å². The van der Waals surface area contributed by atoms with Gasteiger partial charge in [0, 0.05) is 5.66 Å². The van der Waals surface area contributed by atoms with Gasteiger partial charge >= 0.3 is 0 Å². The molecule has 0 aliphatic carbocycles. The molecular weight excluding hydrogens is 271 g/mol. The Labute approximate surface area is 129 Å². The van der Waals surface area contributed by atoms with Gasteiger partial charge in [-0.25, -0.2) is 0 Å². The zero-order valence-electron chi connectivity index (χ0n) is 11.9. The molecule has 2 unspecified atom stereocenters. The summed E-state index contributed by atoms with van der Waals surface area (Å²) in [6.07, 6.45) is 0.981. The van der Waals surface area contributed by atoms with Gasteiger partial charge in [0.05, 0.1) is 0 Å². The van der Waals surface area contributed by atoms with E-state index >= 15 is 0 Å². The lowest BCUT2D eigenvalue weighted by molar-refractivity contribution is 1.07. The molecule has 3 aromatic rings. The number of benzene rings is 3. The van der Waals surface area contributed by atoms with Crippen LogP contribution < -0.4 is 0 Å². The van der Waals surface area contributed by atoms with Gasteiger partial charge in [-0.05, 0) is 28.7 Å². The summed E-state index contributed by atoms with van der Waals surface area (Å²) in [5.74, 6) is 0. The molecule has 0 bridgehead atoms. The topological polar surface area (TPSA) is 0 Å². The summed E-state index contributed by atoms with van der Waals surface area (Å²) in [5, 5.41) is 0. The van der Waals surface area contributed by atoms with Crippen LogP contribution in [-0.2, 0) is 6.42 Å². The van der Waals surface area contributed by atoms with Gasteiger partial charge in [-0.3, -0.25) is 0 Å². The molecule has 0 N–H and O–H groups in total. The summed E-state index contributed by atoms with van der Waals surface area (Å²) in [7, 11) is 2.99. The van der Waals surface area contributed by atoms with Gasteiger partial charge in [0.25, 0.3) is 0 Å². The maximum atomic E-state index is 2.99.